The van der Waals surface area contributed by atoms with Crippen molar-refractivity contribution >= 4 is 23.0 Å². The number of carbonyl (C=O) groups excluding carboxylic acids is 1. The monoisotopic (exact) mass is 359 g/mol. The minimum atomic E-state index is -0.676. The van der Waals surface area contributed by atoms with Crippen molar-refractivity contribution in [2.75, 3.05) is 25.6 Å². The van der Waals surface area contributed by atoms with Gasteiger partial charge in [-0.2, -0.15) is 5.10 Å². The quantitative estimate of drug-likeness (QED) is 0.709. The van der Waals surface area contributed by atoms with Crippen LogP contribution in [0, 0.1) is 0 Å². The Morgan fingerprint density at radius 3 is 2.69 bits per heavy atom. The van der Waals surface area contributed by atoms with Crippen molar-refractivity contribution in [3.05, 3.63) is 42.9 Å². The molecule has 0 aliphatic carbocycles. The van der Waals surface area contributed by atoms with Crippen LogP contribution in [0.4, 0.5) is 10.2 Å². The highest BCUT2D eigenvalue weighted by Gasteiger charge is 2.12. The lowest BCUT2D eigenvalue weighted by Gasteiger charge is -2.03. The van der Waals surface area contributed by atoms with E-state index in [1.807, 2.05) is 31.3 Å². The molecule has 7 nitrogen and oxygen atoms in total. The number of ether oxygens (including phenoxy) is 1. The number of pyridine rings is 2. The number of aldehydes is 1. The van der Waals surface area contributed by atoms with E-state index in [2.05, 4.69) is 25.1 Å². The maximum absolute atomic E-state index is 11.8. The minimum Gasteiger partial charge on any atom is -0.378 e. The lowest BCUT2D eigenvalue weighted by atomic mass is 10.3. The summed E-state index contributed by atoms with van der Waals surface area (Å²) in [5, 5.41) is 8.34. The number of anilines is 1. The molecule has 0 radical (unpaired) electrons. The molecule has 1 atom stereocenters. The fourth-order valence-electron chi connectivity index (χ4n) is 2.22. The standard InChI is InChI=1S/C12H11N5.C4H7FO.C2H4O/c1-13-11-6-10-9(7-15-11)8-16-17(10)12-4-2-3-5-14-12;5-4-1-2-6-3-4;1-2-3/h2-8H,1H3,(H,13,15);4H,1-3H2;2H,1H3. The van der Waals surface area contributed by atoms with Crippen molar-refractivity contribution in [2.24, 2.45) is 0 Å². The molecule has 0 spiro atoms. The van der Waals surface area contributed by atoms with Crippen molar-refractivity contribution in [1.82, 2.24) is 19.7 Å². The summed E-state index contributed by atoms with van der Waals surface area (Å²) < 4.78 is 18.3. The van der Waals surface area contributed by atoms with Gasteiger partial charge in [-0.15, -0.1) is 0 Å². The van der Waals surface area contributed by atoms with Gasteiger partial charge in [0, 0.05) is 43.9 Å². The van der Waals surface area contributed by atoms with Gasteiger partial charge in [-0.25, -0.2) is 19.0 Å². The molecule has 8 heteroatoms. The smallest absolute Gasteiger partial charge is 0.153 e. The molecule has 1 fully saturated rings. The zero-order valence-corrected chi connectivity index (χ0v) is 14.8. The average Bonchev–Trinajstić information content (AvgIpc) is 3.32. The Balaban J connectivity index is 0.000000225. The number of hydrogen-bond donors (Lipinski definition) is 1. The van der Waals surface area contributed by atoms with Crippen LogP contribution in [-0.2, 0) is 9.53 Å². The first-order valence-corrected chi connectivity index (χ1v) is 8.24. The van der Waals surface area contributed by atoms with Crippen LogP contribution < -0.4 is 5.32 Å². The van der Waals surface area contributed by atoms with Gasteiger partial charge in [0.25, 0.3) is 0 Å². The molecule has 26 heavy (non-hydrogen) atoms. The van der Waals surface area contributed by atoms with E-state index in [0.717, 1.165) is 28.8 Å². The van der Waals surface area contributed by atoms with Crippen molar-refractivity contribution < 1.29 is 13.9 Å². The maximum Gasteiger partial charge on any atom is 0.153 e. The number of nitrogens with one attached hydrogen (secondary N) is 1. The molecule has 3 aromatic rings. The Labute approximate surface area is 151 Å². The van der Waals surface area contributed by atoms with E-state index in [1.54, 1.807) is 23.3 Å². The highest BCUT2D eigenvalue weighted by Crippen LogP contribution is 2.18. The predicted octanol–water partition coefficient (Wildman–Crippen LogP) is 2.81. The van der Waals surface area contributed by atoms with Gasteiger partial charge in [0.2, 0.25) is 0 Å². The number of nitrogens with zero attached hydrogens (tertiary/aromatic N) is 4. The molecule has 0 aromatic carbocycles. The second kappa shape index (κ2) is 10.2. The highest BCUT2D eigenvalue weighted by molar-refractivity contribution is 5.81. The van der Waals surface area contributed by atoms with Gasteiger partial charge in [0.1, 0.15) is 18.3 Å². The first-order valence-electron chi connectivity index (χ1n) is 8.24. The zero-order valence-electron chi connectivity index (χ0n) is 14.8. The first-order chi connectivity index (χ1) is 12.7. The highest BCUT2D eigenvalue weighted by atomic mass is 19.1. The third kappa shape index (κ3) is 5.32. The molecule has 0 bridgehead atoms. The van der Waals surface area contributed by atoms with Crippen LogP contribution in [-0.4, -0.2) is 52.5 Å². The summed E-state index contributed by atoms with van der Waals surface area (Å²) >= 11 is 0. The fourth-order valence-corrected chi connectivity index (χ4v) is 2.22. The topological polar surface area (TPSA) is 81.9 Å². The van der Waals surface area contributed by atoms with Gasteiger partial charge in [-0.3, -0.25) is 0 Å². The van der Waals surface area contributed by atoms with Crippen molar-refractivity contribution in [3.63, 3.8) is 0 Å². The molecule has 0 saturated carbocycles. The summed E-state index contributed by atoms with van der Waals surface area (Å²) in [6, 6.07) is 7.70. The largest absolute Gasteiger partial charge is 0.378 e. The van der Waals surface area contributed by atoms with Crippen molar-refractivity contribution in [3.8, 4) is 5.82 Å². The summed E-state index contributed by atoms with van der Waals surface area (Å²) in [5.41, 5.74) is 0.989. The van der Waals surface area contributed by atoms with E-state index >= 15 is 0 Å². The van der Waals surface area contributed by atoms with Crippen LogP contribution in [0.3, 0.4) is 0 Å². The number of carbonyl (C=O) groups is 1. The number of fused-ring (bicyclic) bond motifs is 1. The summed E-state index contributed by atoms with van der Waals surface area (Å²) in [7, 11) is 1.84. The van der Waals surface area contributed by atoms with Crippen LogP contribution in [0.5, 0.6) is 0 Å². The van der Waals surface area contributed by atoms with Crippen LogP contribution in [0.1, 0.15) is 13.3 Å². The molecular weight excluding hydrogens is 337 g/mol. The molecule has 4 rings (SSSR count). The van der Waals surface area contributed by atoms with Crippen molar-refractivity contribution in [2.45, 2.75) is 19.5 Å². The molecule has 4 heterocycles. The van der Waals surface area contributed by atoms with E-state index < -0.39 is 6.17 Å². The number of aromatic nitrogens is 4. The predicted molar refractivity (Wildman–Crippen MR) is 98.3 cm³/mol. The lowest BCUT2D eigenvalue weighted by molar-refractivity contribution is -0.106. The molecule has 3 aromatic heterocycles. The van der Waals surface area contributed by atoms with Gasteiger partial charge in [-0.1, -0.05) is 6.07 Å². The van der Waals surface area contributed by atoms with Gasteiger partial charge >= 0.3 is 0 Å². The van der Waals surface area contributed by atoms with Crippen molar-refractivity contribution in [1.29, 1.82) is 0 Å². The second-order valence-electron chi connectivity index (χ2n) is 5.32. The Morgan fingerprint density at radius 1 is 1.35 bits per heavy atom. The van der Waals surface area contributed by atoms with E-state index in [0.29, 0.717) is 19.6 Å². The zero-order chi connectivity index (χ0) is 18.8. The number of rotatable bonds is 2. The van der Waals surface area contributed by atoms with Crippen LogP contribution in [0.25, 0.3) is 16.7 Å². The number of halogens is 1. The third-order valence-corrected chi connectivity index (χ3v) is 3.45. The minimum absolute atomic E-state index is 0.319. The Morgan fingerprint density at radius 2 is 2.15 bits per heavy atom. The Bertz CT molecular complexity index is 804. The normalized spacial score (nSPS) is 15.4. The maximum atomic E-state index is 11.8. The van der Waals surface area contributed by atoms with E-state index in [-0.39, 0.29) is 0 Å². The molecule has 1 aliphatic rings. The molecular formula is C18H22FN5O2. The van der Waals surface area contributed by atoms with Crippen LogP contribution >= 0.6 is 0 Å². The van der Waals surface area contributed by atoms with Crippen LogP contribution in [0.2, 0.25) is 0 Å². The fraction of sp³-hybridized carbons (Fsp3) is 0.333. The summed E-state index contributed by atoms with van der Waals surface area (Å²) in [4.78, 5) is 17.3. The Kier molecular flexibility index (Phi) is 7.63. The summed E-state index contributed by atoms with van der Waals surface area (Å²) in [6.07, 6.45) is 6.01. The van der Waals surface area contributed by atoms with E-state index in [9.17, 15) is 4.39 Å². The number of hydrogen-bond acceptors (Lipinski definition) is 6. The SMILES string of the molecule is CC=O.CNc1cc2c(cn1)cnn2-c1ccccn1.FC1CCOC1. The van der Waals surface area contributed by atoms with Gasteiger partial charge in [0.15, 0.2) is 5.82 Å². The Hall–Kier alpha value is -2.87. The van der Waals surface area contributed by atoms with Gasteiger partial charge < -0.3 is 14.8 Å². The van der Waals surface area contributed by atoms with Crippen LogP contribution in [0.15, 0.2) is 42.9 Å². The van der Waals surface area contributed by atoms with Gasteiger partial charge in [0.05, 0.1) is 18.3 Å². The number of alkyl halides is 1. The van der Waals surface area contributed by atoms with E-state index in [4.69, 9.17) is 4.79 Å². The molecule has 0 amide bonds. The second-order valence-corrected chi connectivity index (χ2v) is 5.32. The third-order valence-electron chi connectivity index (χ3n) is 3.45. The van der Waals surface area contributed by atoms with E-state index in [1.165, 1.54) is 6.92 Å². The summed E-state index contributed by atoms with van der Waals surface area (Å²) in [6.45, 7) is 2.38. The molecule has 1 unspecified atom stereocenters. The molecule has 1 N–H and O–H groups in total. The summed E-state index contributed by atoms with van der Waals surface area (Å²) in [5.74, 6) is 1.62. The lowest BCUT2D eigenvalue weighted by Crippen LogP contribution is -1.99. The average molecular weight is 359 g/mol. The molecule has 138 valence electrons. The first kappa shape index (κ1) is 19.5. The molecule has 1 aliphatic heterocycles. The van der Waals surface area contributed by atoms with Gasteiger partial charge in [-0.05, 0) is 19.1 Å². The molecule has 1 saturated heterocycles.